The zero-order chi connectivity index (χ0) is 23.6. The van der Waals surface area contributed by atoms with Crippen molar-refractivity contribution in [2.45, 2.75) is 45.6 Å². The van der Waals surface area contributed by atoms with Crippen molar-refractivity contribution in [1.82, 2.24) is 0 Å². The normalized spacial score (nSPS) is 10.8. The number of aliphatic hydroxyl groups excluding tert-OH is 1. The minimum absolute atomic E-state index is 0.0966. The molecular formula is C29H31FO3. The smallest absolute Gasteiger partial charge is 0.333 e. The maximum absolute atomic E-state index is 14.9. The minimum atomic E-state index is -0.524. The van der Waals surface area contributed by atoms with Crippen LogP contribution in [-0.2, 0) is 22.6 Å². The van der Waals surface area contributed by atoms with Gasteiger partial charge in [-0.25, -0.2) is 9.18 Å². The van der Waals surface area contributed by atoms with Gasteiger partial charge in [-0.15, -0.1) is 0 Å². The first kappa shape index (κ1) is 24.4. The molecule has 0 spiro atoms. The van der Waals surface area contributed by atoms with Crippen LogP contribution < -0.4 is 0 Å². The summed E-state index contributed by atoms with van der Waals surface area (Å²) in [5.41, 5.74) is 5.47. The molecule has 0 saturated carbocycles. The summed E-state index contributed by atoms with van der Waals surface area (Å²) in [6, 6.07) is 20.9. The molecule has 33 heavy (non-hydrogen) atoms. The number of halogens is 1. The highest BCUT2D eigenvalue weighted by Crippen LogP contribution is 2.29. The van der Waals surface area contributed by atoms with Gasteiger partial charge in [0.05, 0.1) is 0 Å². The maximum Gasteiger partial charge on any atom is 0.333 e. The number of benzene rings is 3. The van der Waals surface area contributed by atoms with Gasteiger partial charge in [0.25, 0.3) is 0 Å². The number of ether oxygens (including phenoxy) is 1. The van der Waals surface area contributed by atoms with Gasteiger partial charge >= 0.3 is 5.97 Å². The fourth-order valence-electron chi connectivity index (χ4n) is 3.64. The van der Waals surface area contributed by atoms with E-state index in [1.807, 2.05) is 30.3 Å². The molecule has 0 aliphatic heterocycles. The predicted octanol–water partition coefficient (Wildman–Crippen LogP) is 6.87. The molecule has 172 valence electrons. The van der Waals surface area contributed by atoms with Crippen molar-refractivity contribution < 1.29 is 19.0 Å². The summed E-state index contributed by atoms with van der Waals surface area (Å²) in [6.45, 7) is 5.75. The number of carbonyl (C=O) groups excluding carboxylic acids is 1. The second-order valence-electron chi connectivity index (χ2n) is 8.20. The number of hydrogen-bond donors (Lipinski definition) is 1. The summed E-state index contributed by atoms with van der Waals surface area (Å²) in [6.07, 6.45) is 4.91. The first-order chi connectivity index (χ1) is 16.0. The molecule has 3 nitrogen and oxygen atoms in total. The molecule has 0 radical (unpaired) electrons. The Kier molecular flexibility index (Phi) is 8.96. The molecule has 0 aromatic heterocycles. The number of hydrogen-bond acceptors (Lipinski definition) is 3. The summed E-state index contributed by atoms with van der Waals surface area (Å²) < 4.78 is 20.1. The lowest BCUT2D eigenvalue weighted by molar-refractivity contribution is -0.140. The monoisotopic (exact) mass is 446 g/mol. The average molecular weight is 447 g/mol. The summed E-state index contributed by atoms with van der Waals surface area (Å²) >= 11 is 0. The van der Waals surface area contributed by atoms with Gasteiger partial charge in [-0.1, -0.05) is 87.0 Å². The third kappa shape index (κ3) is 6.87. The molecule has 3 aromatic carbocycles. The van der Waals surface area contributed by atoms with E-state index in [2.05, 4.69) is 37.8 Å². The van der Waals surface area contributed by atoms with E-state index in [4.69, 9.17) is 9.84 Å². The van der Waals surface area contributed by atoms with E-state index >= 15 is 0 Å². The van der Waals surface area contributed by atoms with Crippen LogP contribution in [-0.4, -0.2) is 17.7 Å². The molecule has 0 aliphatic carbocycles. The van der Waals surface area contributed by atoms with E-state index in [1.165, 1.54) is 24.8 Å². The van der Waals surface area contributed by atoms with Gasteiger partial charge in [-0.2, -0.15) is 0 Å². The van der Waals surface area contributed by atoms with Crippen LogP contribution in [0.15, 0.2) is 78.9 Å². The Morgan fingerprint density at radius 2 is 1.55 bits per heavy atom. The van der Waals surface area contributed by atoms with Crippen molar-refractivity contribution >= 4 is 5.97 Å². The lowest BCUT2D eigenvalue weighted by Gasteiger charge is -2.10. The Hall–Kier alpha value is -3.24. The lowest BCUT2D eigenvalue weighted by Crippen LogP contribution is -2.08. The molecule has 0 unspecified atom stereocenters. The molecule has 0 heterocycles. The summed E-state index contributed by atoms with van der Waals surface area (Å²) in [4.78, 5) is 11.8. The van der Waals surface area contributed by atoms with Crippen LogP contribution in [0, 0.1) is 5.82 Å². The molecule has 0 saturated heterocycles. The Labute approximate surface area is 195 Å². The van der Waals surface area contributed by atoms with E-state index in [0.717, 1.165) is 28.7 Å². The zero-order valence-corrected chi connectivity index (χ0v) is 19.1. The molecule has 0 aliphatic rings. The number of aryl methyl sites for hydroxylation is 1. The number of rotatable bonds is 11. The Balaban J connectivity index is 1.65. The van der Waals surface area contributed by atoms with Gasteiger partial charge in [0.1, 0.15) is 12.4 Å². The molecule has 0 bridgehead atoms. The lowest BCUT2D eigenvalue weighted by atomic mass is 9.97. The largest absolute Gasteiger partial charge is 0.457 e. The number of esters is 1. The van der Waals surface area contributed by atoms with Crippen LogP contribution in [0.25, 0.3) is 22.3 Å². The molecule has 0 amide bonds. The molecular weight excluding hydrogens is 415 g/mol. The van der Waals surface area contributed by atoms with Crippen molar-refractivity contribution in [2.75, 3.05) is 6.61 Å². The fraction of sp³-hybridized carbons (Fsp3) is 0.276. The van der Waals surface area contributed by atoms with Crippen LogP contribution in [0.5, 0.6) is 0 Å². The number of unbranched alkanes of at least 4 members (excludes halogenated alkanes) is 2. The molecule has 3 aromatic rings. The van der Waals surface area contributed by atoms with Gasteiger partial charge in [0.2, 0.25) is 0 Å². The second kappa shape index (κ2) is 12.1. The van der Waals surface area contributed by atoms with Crippen molar-refractivity contribution in [3.8, 4) is 22.3 Å². The Morgan fingerprint density at radius 1 is 0.909 bits per heavy atom. The molecule has 0 fully saturated rings. The number of carbonyl (C=O) groups is 1. The third-order valence-corrected chi connectivity index (χ3v) is 5.66. The predicted molar refractivity (Wildman–Crippen MR) is 131 cm³/mol. The molecule has 1 N–H and O–H groups in total. The number of aliphatic hydroxyl groups is 1. The quantitative estimate of drug-likeness (QED) is 0.198. The molecule has 3 rings (SSSR count). The van der Waals surface area contributed by atoms with Gasteiger partial charge in [0, 0.05) is 24.2 Å². The van der Waals surface area contributed by atoms with E-state index < -0.39 is 5.97 Å². The van der Waals surface area contributed by atoms with Gasteiger partial charge < -0.3 is 9.84 Å². The first-order valence-electron chi connectivity index (χ1n) is 11.5. The third-order valence-electron chi connectivity index (χ3n) is 5.66. The van der Waals surface area contributed by atoms with Crippen LogP contribution in [0.1, 0.15) is 43.7 Å². The van der Waals surface area contributed by atoms with E-state index in [0.29, 0.717) is 5.56 Å². The average Bonchev–Trinajstić information content (AvgIpc) is 2.83. The van der Waals surface area contributed by atoms with Crippen LogP contribution in [0.2, 0.25) is 0 Å². The second-order valence-corrected chi connectivity index (χ2v) is 8.20. The van der Waals surface area contributed by atoms with Gasteiger partial charge in [-0.05, 0) is 46.7 Å². The van der Waals surface area contributed by atoms with Gasteiger partial charge in [-0.3, -0.25) is 0 Å². The minimum Gasteiger partial charge on any atom is -0.457 e. The highest BCUT2D eigenvalue weighted by Gasteiger charge is 2.10. The Morgan fingerprint density at radius 3 is 2.18 bits per heavy atom. The fourth-order valence-corrected chi connectivity index (χ4v) is 3.64. The van der Waals surface area contributed by atoms with Crippen molar-refractivity contribution in [3.05, 3.63) is 95.8 Å². The van der Waals surface area contributed by atoms with Gasteiger partial charge in [0.15, 0.2) is 0 Å². The van der Waals surface area contributed by atoms with Crippen LogP contribution in [0.4, 0.5) is 4.39 Å². The van der Waals surface area contributed by atoms with Crippen molar-refractivity contribution in [3.63, 3.8) is 0 Å². The molecule has 0 atom stereocenters. The first-order valence-corrected chi connectivity index (χ1v) is 11.5. The van der Waals surface area contributed by atoms with Crippen LogP contribution >= 0.6 is 0 Å². The summed E-state index contributed by atoms with van der Waals surface area (Å²) in [5, 5.41) is 8.86. The van der Waals surface area contributed by atoms with E-state index in [1.54, 1.807) is 12.1 Å². The molecule has 4 heteroatoms. The van der Waals surface area contributed by atoms with Crippen molar-refractivity contribution in [1.29, 1.82) is 0 Å². The standard InChI is InChI=1S/C29H31FO3/c1-3-4-5-6-22-7-11-24(12-8-22)26-15-16-27(28(30)19-26)25-13-9-23(10-14-25)20-33-29(32)21(2)17-18-31/h7-16,19,31H,2-6,17-18,20H2,1H3. The highest BCUT2D eigenvalue weighted by atomic mass is 19.1. The summed E-state index contributed by atoms with van der Waals surface area (Å²) in [7, 11) is 0. The van der Waals surface area contributed by atoms with E-state index in [-0.39, 0.29) is 31.0 Å². The SMILES string of the molecule is C=C(CCO)C(=O)OCc1ccc(-c2ccc(-c3ccc(CCCCC)cc3)cc2F)cc1. The summed E-state index contributed by atoms with van der Waals surface area (Å²) in [5.74, 6) is -0.803. The van der Waals surface area contributed by atoms with Crippen LogP contribution in [0.3, 0.4) is 0 Å². The maximum atomic E-state index is 14.9. The van der Waals surface area contributed by atoms with Crippen molar-refractivity contribution in [2.24, 2.45) is 0 Å². The van der Waals surface area contributed by atoms with E-state index in [9.17, 15) is 9.18 Å². The zero-order valence-electron chi connectivity index (χ0n) is 19.1. The Bertz CT molecular complexity index is 1070. The highest BCUT2D eigenvalue weighted by molar-refractivity contribution is 5.87. The topological polar surface area (TPSA) is 46.5 Å².